The third kappa shape index (κ3) is 5.40. The highest BCUT2D eigenvalue weighted by molar-refractivity contribution is 5.85. The van der Waals surface area contributed by atoms with E-state index in [1.165, 1.54) is 22.3 Å². The smallest absolute Gasteiger partial charge is 0.320 e. The van der Waals surface area contributed by atoms with E-state index < -0.39 is 0 Å². The van der Waals surface area contributed by atoms with Gasteiger partial charge in [0.1, 0.15) is 0 Å². The van der Waals surface area contributed by atoms with Gasteiger partial charge in [-0.2, -0.15) is 0 Å². The van der Waals surface area contributed by atoms with Crippen molar-refractivity contribution in [3.05, 3.63) is 70.8 Å². The molecule has 0 aromatic heterocycles. The fourth-order valence-electron chi connectivity index (χ4n) is 5.27. The van der Waals surface area contributed by atoms with Crippen LogP contribution in [0.5, 0.6) is 0 Å². The summed E-state index contributed by atoms with van der Waals surface area (Å²) in [5.41, 5.74) is 10.9. The molecule has 7 heteroatoms. The summed E-state index contributed by atoms with van der Waals surface area (Å²) in [5.74, 6) is 1.00. The summed E-state index contributed by atoms with van der Waals surface area (Å²) in [6, 6.07) is 17.7. The number of fused-ring (bicyclic) bond motifs is 1. The molecule has 0 bridgehead atoms. The zero-order valence-electron chi connectivity index (χ0n) is 19.2. The molecule has 3 atom stereocenters. The zero-order chi connectivity index (χ0) is 21.3. The second kappa shape index (κ2) is 11.4. The van der Waals surface area contributed by atoms with Crippen LogP contribution in [0.15, 0.2) is 48.5 Å². The summed E-state index contributed by atoms with van der Waals surface area (Å²) in [6.07, 6.45) is 0.933. The van der Waals surface area contributed by atoms with Crippen molar-refractivity contribution in [2.45, 2.75) is 25.9 Å². The SMILES string of the molecule is Cc1ccccc1[C@H]1[C@@H]2CN(Cc3ccc(CCN)cc3)C[C@@H]2CN1C(=O)N(C)C.Cl.Cl. The third-order valence-electron chi connectivity index (χ3n) is 6.74. The molecular formula is C25H36Cl2N4O. The summed E-state index contributed by atoms with van der Waals surface area (Å²) in [7, 11) is 3.71. The first-order valence-corrected chi connectivity index (χ1v) is 11.0. The third-order valence-corrected chi connectivity index (χ3v) is 6.74. The van der Waals surface area contributed by atoms with Gasteiger partial charge in [-0.05, 0) is 48.1 Å². The average molecular weight is 479 g/mol. The largest absolute Gasteiger partial charge is 0.331 e. The van der Waals surface area contributed by atoms with Crippen LogP contribution in [0.4, 0.5) is 4.79 Å². The summed E-state index contributed by atoms with van der Waals surface area (Å²) in [4.78, 5) is 19.3. The topological polar surface area (TPSA) is 52.8 Å². The molecule has 2 aromatic rings. The lowest BCUT2D eigenvalue weighted by molar-refractivity contribution is 0.151. The number of hydrogen-bond acceptors (Lipinski definition) is 3. The standard InChI is InChI=1S/C25H34N4O.2ClH/c1-18-6-4-5-7-22(18)24-23-17-28(14-20-10-8-19(9-11-20)12-13-26)15-21(23)16-29(24)25(30)27(2)3;;/h4-11,21,23-24H,12-17,26H2,1-3H3;2*1H/t21-,23-,24+;;/m1../s1. The molecule has 176 valence electrons. The van der Waals surface area contributed by atoms with Gasteiger partial charge in [0.05, 0.1) is 6.04 Å². The molecule has 5 nitrogen and oxygen atoms in total. The Bertz CT molecular complexity index is 890. The molecule has 4 rings (SSSR count). The monoisotopic (exact) mass is 478 g/mol. The van der Waals surface area contributed by atoms with Gasteiger partial charge in [-0.3, -0.25) is 4.90 Å². The molecule has 0 saturated carbocycles. The number of halogens is 2. The van der Waals surface area contributed by atoms with Crippen molar-refractivity contribution < 1.29 is 4.79 Å². The van der Waals surface area contributed by atoms with E-state index in [0.717, 1.165) is 32.6 Å². The molecule has 32 heavy (non-hydrogen) atoms. The van der Waals surface area contributed by atoms with Crippen molar-refractivity contribution in [3.8, 4) is 0 Å². The van der Waals surface area contributed by atoms with Gasteiger partial charge in [-0.1, -0.05) is 48.5 Å². The molecule has 2 aliphatic heterocycles. The number of urea groups is 1. The van der Waals surface area contributed by atoms with Crippen molar-refractivity contribution in [1.29, 1.82) is 0 Å². The molecule has 2 aromatic carbocycles. The number of nitrogens with zero attached hydrogens (tertiary/aromatic N) is 3. The van der Waals surface area contributed by atoms with E-state index in [4.69, 9.17) is 5.73 Å². The molecule has 2 amide bonds. The number of amides is 2. The second-order valence-corrected chi connectivity index (χ2v) is 9.10. The van der Waals surface area contributed by atoms with Gasteiger partial charge in [0, 0.05) is 46.2 Å². The highest BCUT2D eigenvalue weighted by atomic mass is 35.5. The average Bonchev–Trinajstić information content (AvgIpc) is 3.27. The number of benzene rings is 2. The van der Waals surface area contributed by atoms with Crippen LogP contribution >= 0.6 is 24.8 Å². The van der Waals surface area contributed by atoms with Crippen molar-refractivity contribution in [3.63, 3.8) is 0 Å². The van der Waals surface area contributed by atoms with Crippen LogP contribution in [-0.2, 0) is 13.0 Å². The molecule has 0 spiro atoms. The van der Waals surface area contributed by atoms with E-state index in [1.54, 1.807) is 4.90 Å². The Balaban J connectivity index is 0.00000181. The number of rotatable bonds is 5. The maximum absolute atomic E-state index is 13.0. The van der Waals surface area contributed by atoms with E-state index in [9.17, 15) is 4.79 Å². The Labute approximate surface area is 204 Å². The quantitative estimate of drug-likeness (QED) is 0.702. The van der Waals surface area contributed by atoms with Crippen LogP contribution in [-0.4, -0.2) is 61.0 Å². The Morgan fingerprint density at radius 3 is 2.28 bits per heavy atom. The Morgan fingerprint density at radius 2 is 1.66 bits per heavy atom. The Hall–Kier alpha value is -1.79. The van der Waals surface area contributed by atoms with Gasteiger partial charge in [0.2, 0.25) is 0 Å². The number of likely N-dealkylation sites (tertiary alicyclic amines) is 2. The highest BCUT2D eigenvalue weighted by Crippen LogP contribution is 2.46. The van der Waals surface area contributed by atoms with Crippen LogP contribution < -0.4 is 5.73 Å². The molecule has 2 aliphatic rings. The summed E-state index contributed by atoms with van der Waals surface area (Å²) in [6.45, 7) is 6.75. The zero-order valence-corrected chi connectivity index (χ0v) is 20.9. The Kier molecular flexibility index (Phi) is 9.40. The predicted octanol–water partition coefficient (Wildman–Crippen LogP) is 4.13. The van der Waals surface area contributed by atoms with Gasteiger partial charge in [-0.25, -0.2) is 4.79 Å². The maximum atomic E-state index is 13.0. The van der Waals surface area contributed by atoms with Gasteiger partial charge < -0.3 is 15.5 Å². The van der Waals surface area contributed by atoms with Gasteiger partial charge in [-0.15, -0.1) is 24.8 Å². The van der Waals surface area contributed by atoms with Crippen LogP contribution in [0.2, 0.25) is 0 Å². The van der Waals surface area contributed by atoms with Gasteiger partial charge in [0.25, 0.3) is 0 Å². The van der Waals surface area contributed by atoms with Crippen LogP contribution in [0.25, 0.3) is 0 Å². The number of nitrogens with two attached hydrogens (primary N) is 1. The number of carbonyl (C=O) groups excluding carboxylic acids is 1. The molecule has 2 N–H and O–H groups in total. The molecular weight excluding hydrogens is 443 g/mol. The minimum absolute atomic E-state index is 0. The molecule has 0 aliphatic carbocycles. The molecule has 2 saturated heterocycles. The molecule has 2 fully saturated rings. The molecule has 0 unspecified atom stereocenters. The lowest BCUT2D eigenvalue weighted by atomic mass is 9.88. The minimum atomic E-state index is 0. The van der Waals surface area contributed by atoms with Crippen LogP contribution in [0.1, 0.15) is 28.3 Å². The summed E-state index contributed by atoms with van der Waals surface area (Å²) < 4.78 is 0. The highest BCUT2D eigenvalue weighted by Gasteiger charge is 2.49. The fraction of sp³-hybridized carbons (Fsp3) is 0.480. The normalized spacial score (nSPS) is 22.1. The molecule has 2 heterocycles. The van der Waals surface area contributed by atoms with E-state index in [0.29, 0.717) is 18.4 Å². The van der Waals surface area contributed by atoms with Crippen molar-refractivity contribution in [2.75, 3.05) is 40.3 Å². The predicted molar refractivity (Wildman–Crippen MR) is 136 cm³/mol. The Morgan fingerprint density at radius 1 is 1.00 bits per heavy atom. The fourth-order valence-corrected chi connectivity index (χ4v) is 5.27. The number of hydrogen-bond donors (Lipinski definition) is 1. The van der Waals surface area contributed by atoms with Crippen molar-refractivity contribution >= 4 is 30.8 Å². The van der Waals surface area contributed by atoms with E-state index >= 15 is 0 Å². The van der Waals surface area contributed by atoms with E-state index in [1.807, 2.05) is 14.1 Å². The second-order valence-electron chi connectivity index (χ2n) is 9.10. The lowest BCUT2D eigenvalue weighted by Gasteiger charge is -2.32. The van der Waals surface area contributed by atoms with Crippen molar-refractivity contribution in [1.82, 2.24) is 14.7 Å². The van der Waals surface area contributed by atoms with Crippen molar-refractivity contribution in [2.24, 2.45) is 17.6 Å². The van der Waals surface area contributed by atoms with E-state index in [-0.39, 0.29) is 36.9 Å². The minimum Gasteiger partial charge on any atom is -0.331 e. The summed E-state index contributed by atoms with van der Waals surface area (Å²) in [5, 5.41) is 0. The number of aryl methyl sites for hydroxylation is 1. The number of carbonyl (C=O) groups is 1. The first kappa shape index (κ1) is 26.5. The maximum Gasteiger partial charge on any atom is 0.320 e. The lowest BCUT2D eigenvalue weighted by Crippen LogP contribution is -2.41. The molecule has 0 radical (unpaired) electrons. The van der Waals surface area contributed by atoms with Crippen LogP contribution in [0, 0.1) is 18.8 Å². The van der Waals surface area contributed by atoms with Gasteiger partial charge in [0.15, 0.2) is 0 Å². The van der Waals surface area contributed by atoms with Gasteiger partial charge >= 0.3 is 6.03 Å². The van der Waals surface area contributed by atoms with E-state index in [2.05, 4.69) is 65.3 Å². The first-order chi connectivity index (χ1) is 14.5. The summed E-state index contributed by atoms with van der Waals surface area (Å²) >= 11 is 0. The first-order valence-electron chi connectivity index (χ1n) is 11.0. The van der Waals surface area contributed by atoms with Crippen LogP contribution in [0.3, 0.4) is 0 Å².